The largest absolute Gasteiger partial charge is 0.464 e. The van der Waals surface area contributed by atoms with Crippen molar-refractivity contribution in [1.82, 2.24) is 30.1 Å². The topological polar surface area (TPSA) is 99.7 Å². The second-order valence-electron chi connectivity index (χ2n) is 8.80. The fourth-order valence-corrected chi connectivity index (χ4v) is 6.86. The number of thiophene rings is 1. The van der Waals surface area contributed by atoms with E-state index in [1.165, 1.54) is 17.4 Å². The summed E-state index contributed by atoms with van der Waals surface area (Å²) in [5.74, 6) is 0.0680. The van der Waals surface area contributed by atoms with Crippen LogP contribution in [0.1, 0.15) is 32.2 Å². The van der Waals surface area contributed by atoms with Crippen molar-refractivity contribution in [2.45, 2.75) is 30.5 Å². The molecule has 3 aliphatic heterocycles. The molecule has 3 aromatic rings. The normalized spacial score (nSPS) is 25.7. The number of allylic oxidation sites excluding steroid dienone is 2. The van der Waals surface area contributed by atoms with E-state index in [9.17, 15) is 5.26 Å². The summed E-state index contributed by atoms with van der Waals surface area (Å²) in [6.45, 7) is 4.40. The molecular formula is C24H23ClFN7O2S2. The molecule has 6 rings (SSSR count). The number of nitriles is 1. The number of nitrogens with one attached hydrogen (secondary N) is 2. The Morgan fingerprint density at radius 1 is 1.43 bits per heavy atom. The Balaban J connectivity index is 1.33. The third-order valence-electron chi connectivity index (χ3n) is 6.50. The molecule has 9 nitrogen and oxygen atoms in total. The smallest absolute Gasteiger partial charge is 0.212 e. The zero-order chi connectivity index (χ0) is 25.6. The number of nitrogens with zero attached hydrogens (tertiary/aromatic N) is 5. The Labute approximate surface area is 225 Å². The molecule has 0 aliphatic carbocycles. The molecule has 3 unspecified atom stereocenters. The Morgan fingerprint density at radius 2 is 2.32 bits per heavy atom. The molecule has 0 bridgehead atoms. The summed E-state index contributed by atoms with van der Waals surface area (Å²) in [6, 6.07) is 2.82. The van der Waals surface area contributed by atoms with Gasteiger partial charge in [0.05, 0.1) is 22.9 Å². The number of hydrogen-bond acceptors (Lipinski definition) is 10. The molecule has 3 atom stereocenters. The Bertz CT molecular complexity index is 1470. The highest BCUT2D eigenvalue weighted by atomic mass is 35.5. The quantitative estimate of drug-likeness (QED) is 0.278. The highest BCUT2D eigenvalue weighted by Crippen LogP contribution is 2.41. The Morgan fingerprint density at radius 3 is 3.11 bits per heavy atom. The van der Waals surface area contributed by atoms with Crippen LogP contribution in [0.25, 0.3) is 4.96 Å². The molecule has 0 aromatic carbocycles. The van der Waals surface area contributed by atoms with E-state index in [2.05, 4.69) is 21.8 Å². The summed E-state index contributed by atoms with van der Waals surface area (Å²) in [4.78, 5) is 7.19. The van der Waals surface area contributed by atoms with Crippen molar-refractivity contribution in [3.05, 3.63) is 74.6 Å². The fourth-order valence-electron chi connectivity index (χ4n) is 4.82. The van der Waals surface area contributed by atoms with Gasteiger partial charge in [-0.15, -0.1) is 11.3 Å². The summed E-state index contributed by atoms with van der Waals surface area (Å²) in [5.41, 5.74) is 1.68. The minimum atomic E-state index is -1.07. The molecule has 0 spiro atoms. The van der Waals surface area contributed by atoms with Gasteiger partial charge in [0, 0.05) is 38.3 Å². The van der Waals surface area contributed by atoms with Crippen LogP contribution in [-0.2, 0) is 15.9 Å². The number of aromatic nitrogens is 3. The van der Waals surface area contributed by atoms with Crippen molar-refractivity contribution in [2.75, 3.05) is 26.2 Å². The van der Waals surface area contributed by atoms with Gasteiger partial charge in [-0.1, -0.05) is 22.9 Å². The molecule has 0 amide bonds. The molecule has 2 N–H and O–H groups in total. The number of fused-ring (bicyclic) bond motifs is 3. The van der Waals surface area contributed by atoms with Gasteiger partial charge < -0.3 is 25.0 Å². The van der Waals surface area contributed by atoms with Crippen molar-refractivity contribution in [1.29, 1.82) is 5.26 Å². The van der Waals surface area contributed by atoms with E-state index in [0.29, 0.717) is 41.6 Å². The maximum Gasteiger partial charge on any atom is 0.212 e. The number of imidazole rings is 1. The molecule has 1 saturated heterocycles. The first-order chi connectivity index (χ1) is 18.0. The predicted octanol–water partition coefficient (Wildman–Crippen LogP) is 3.53. The van der Waals surface area contributed by atoms with Crippen LogP contribution < -0.4 is 10.6 Å². The summed E-state index contributed by atoms with van der Waals surface area (Å²) >= 11 is 9.59. The molecule has 37 heavy (non-hydrogen) atoms. The molecule has 13 heteroatoms. The van der Waals surface area contributed by atoms with Gasteiger partial charge >= 0.3 is 0 Å². The minimum absolute atomic E-state index is 0.313. The number of ether oxygens (including phenoxy) is 2. The average molecular weight is 560 g/mol. The summed E-state index contributed by atoms with van der Waals surface area (Å²) in [6.07, 6.45) is 9.04. The molecular weight excluding hydrogens is 537 g/mol. The molecule has 192 valence electrons. The van der Waals surface area contributed by atoms with Crippen LogP contribution in [0.2, 0.25) is 0 Å². The van der Waals surface area contributed by atoms with E-state index in [1.54, 1.807) is 29.3 Å². The van der Waals surface area contributed by atoms with Crippen LogP contribution in [0.4, 0.5) is 4.39 Å². The van der Waals surface area contributed by atoms with Gasteiger partial charge in [0.1, 0.15) is 45.9 Å². The first-order valence-electron chi connectivity index (χ1n) is 11.8. The minimum Gasteiger partial charge on any atom is -0.464 e. The van der Waals surface area contributed by atoms with Crippen molar-refractivity contribution < 1.29 is 13.9 Å². The lowest BCUT2D eigenvalue weighted by molar-refractivity contribution is -0.00620. The van der Waals surface area contributed by atoms with Gasteiger partial charge in [-0.2, -0.15) is 10.4 Å². The zero-order valence-corrected chi connectivity index (χ0v) is 22.2. The SMILES string of the molecule is Cc1nn2c3c(nc2s1)CCN(C=COC1=CC=CNC1(Cl)C1CNCCO1)C3c1sc(C#N)cc1F. The van der Waals surface area contributed by atoms with Crippen molar-refractivity contribution in [2.24, 2.45) is 0 Å². The third kappa shape index (κ3) is 4.30. The lowest BCUT2D eigenvalue weighted by Crippen LogP contribution is -2.58. The van der Waals surface area contributed by atoms with Gasteiger partial charge in [-0.3, -0.25) is 0 Å². The fraction of sp³-hybridized carbons (Fsp3) is 0.375. The van der Waals surface area contributed by atoms with E-state index in [4.69, 9.17) is 26.1 Å². The third-order valence-corrected chi connectivity index (χ3v) is 8.93. The second kappa shape index (κ2) is 9.74. The maximum atomic E-state index is 15.1. The lowest BCUT2D eigenvalue weighted by Gasteiger charge is -2.39. The zero-order valence-electron chi connectivity index (χ0n) is 19.8. The Hall–Kier alpha value is -2.95. The first-order valence-corrected chi connectivity index (χ1v) is 13.8. The number of aryl methyl sites for hydroxylation is 1. The first kappa shape index (κ1) is 24.4. The highest BCUT2D eigenvalue weighted by molar-refractivity contribution is 7.16. The second-order valence-corrected chi connectivity index (χ2v) is 11.6. The van der Waals surface area contributed by atoms with Crippen molar-refractivity contribution in [3.8, 4) is 6.07 Å². The number of hydrogen-bond donors (Lipinski definition) is 2. The van der Waals surface area contributed by atoms with Gasteiger partial charge in [0.2, 0.25) is 4.96 Å². The van der Waals surface area contributed by atoms with Crippen LogP contribution in [0.5, 0.6) is 0 Å². The van der Waals surface area contributed by atoms with E-state index in [-0.39, 0.29) is 6.10 Å². The van der Waals surface area contributed by atoms with E-state index >= 15 is 4.39 Å². The van der Waals surface area contributed by atoms with Gasteiger partial charge in [0.15, 0.2) is 5.00 Å². The number of rotatable bonds is 5. The van der Waals surface area contributed by atoms with E-state index in [0.717, 1.165) is 39.2 Å². The van der Waals surface area contributed by atoms with E-state index < -0.39 is 16.9 Å². The van der Waals surface area contributed by atoms with E-state index in [1.807, 2.05) is 17.9 Å². The molecule has 0 radical (unpaired) electrons. The molecule has 1 fully saturated rings. The Kier molecular flexibility index (Phi) is 6.42. The number of dihydropyridines is 1. The highest BCUT2D eigenvalue weighted by Gasteiger charge is 2.44. The maximum absolute atomic E-state index is 15.1. The molecule has 0 saturated carbocycles. The van der Waals surface area contributed by atoms with Crippen LogP contribution in [0.3, 0.4) is 0 Å². The number of halogens is 2. The van der Waals surface area contributed by atoms with Crippen LogP contribution in [0, 0.1) is 24.1 Å². The summed E-state index contributed by atoms with van der Waals surface area (Å²) < 4.78 is 28.9. The van der Waals surface area contributed by atoms with Crippen LogP contribution in [-0.4, -0.2) is 56.8 Å². The number of alkyl halides is 1. The lowest BCUT2D eigenvalue weighted by atomic mass is 10.0. The molecule has 3 aliphatic rings. The van der Waals surface area contributed by atoms with Crippen LogP contribution in [0.15, 0.2) is 42.6 Å². The van der Waals surface area contributed by atoms with Crippen molar-refractivity contribution in [3.63, 3.8) is 0 Å². The van der Waals surface area contributed by atoms with Crippen LogP contribution >= 0.6 is 34.3 Å². The summed E-state index contributed by atoms with van der Waals surface area (Å²) in [7, 11) is 0. The van der Waals surface area contributed by atoms with Gasteiger partial charge in [-0.05, 0) is 25.3 Å². The number of morpholine rings is 1. The standard InChI is InChI=1S/C24H23ClFN7O2S2/c1-14-31-33-20-17(30-23(33)36-14)4-7-32(21(20)22-16(26)11-15(12-27)37-22)8-10-35-18-3-2-5-29-24(18,25)19-13-28-6-9-34-19/h2-3,5,8,10-11,19,21,28-29H,4,6-7,9,13H2,1H3. The molecule has 3 aromatic heterocycles. The van der Waals surface area contributed by atoms with Gasteiger partial charge in [-0.25, -0.2) is 13.9 Å². The predicted molar refractivity (Wildman–Crippen MR) is 139 cm³/mol. The monoisotopic (exact) mass is 559 g/mol. The van der Waals surface area contributed by atoms with Crippen molar-refractivity contribution >= 4 is 39.2 Å². The summed E-state index contributed by atoms with van der Waals surface area (Å²) in [5, 5.41) is 21.3. The van der Waals surface area contributed by atoms with Gasteiger partial charge in [0.25, 0.3) is 0 Å². The molecule has 6 heterocycles. The average Bonchev–Trinajstić information content (AvgIpc) is 3.57.